The molecule has 0 radical (unpaired) electrons. The summed E-state index contributed by atoms with van der Waals surface area (Å²) < 4.78 is 26.8. The fourth-order valence-electron chi connectivity index (χ4n) is 5.12. The highest BCUT2D eigenvalue weighted by Gasteiger charge is 2.50. The van der Waals surface area contributed by atoms with Gasteiger partial charge in [0, 0.05) is 29.8 Å². The predicted molar refractivity (Wildman–Crippen MR) is 123 cm³/mol. The van der Waals surface area contributed by atoms with Crippen molar-refractivity contribution in [3.63, 3.8) is 0 Å². The second kappa shape index (κ2) is 8.93. The fraction of sp³-hybridized carbons (Fsp3) is 0.308. The van der Waals surface area contributed by atoms with E-state index in [0.717, 1.165) is 24.8 Å². The zero-order valence-electron chi connectivity index (χ0n) is 18.5. The predicted octanol–water partition coefficient (Wildman–Crippen LogP) is 4.52. The molecule has 8 heteroatoms. The molecule has 34 heavy (non-hydrogen) atoms. The number of rotatable bonds is 4. The molecule has 1 aromatic heterocycles. The molecular weight excluding hydrogens is 438 g/mol. The second-order valence-corrected chi connectivity index (χ2v) is 9.03. The Morgan fingerprint density at radius 1 is 1.03 bits per heavy atom. The summed E-state index contributed by atoms with van der Waals surface area (Å²) in [5, 5.41) is 2.99. The molecule has 1 aliphatic heterocycles. The van der Waals surface area contributed by atoms with Crippen LogP contribution in [0.15, 0.2) is 60.9 Å². The third kappa shape index (κ3) is 4.27. The van der Waals surface area contributed by atoms with Gasteiger partial charge in [-0.3, -0.25) is 14.5 Å². The maximum absolute atomic E-state index is 13.6. The van der Waals surface area contributed by atoms with Crippen molar-refractivity contribution in [3.05, 3.63) is 78.1 Å². The number of hydrogen-bond acceptors (Lipinski definition) is 4. The van der Waals surface area contributed by atoms with E-state index < -0.39 is 11.2 Å². The van der Waals surface area contributed by atoms with Gasteiger partial charge in [0.2, 0.25) is 5.91 Å². The number of benzene rings is 2. The van der Waals surface area contributed by atoms with Crippen molar-refractivity contribution >= 4 is 17.6 Å². The molecule has 2 unspecified atom stereocenters. The van der Waals surface area contributed by atoms with E-state index in [0.29, 0.717) is 30.9 Å². The summed E-state index contributed by atoms with van der Waals surface area (Å²) in [5.41, 5.74) is 1.07. The van der Waals surface area contributed by atoms with E-state index in [1.54, 1.807) is 29.2 Å². The van der Waals surface area contributed by atoms with Gasteiger partial charge in [0.15, 0.2) is 0 Å². The minimum Gasteiger partial charge on any atom is -0.349 e. The van der Waals surface area contributed by atoms with Crippen molar-refractivity contribution in [1.29, 1.82) is 0 Å². The first-order chi connectivity index (χ1) is 16.4. The van der Waals surface area contributed by atoms with Crippen molar-refractivity contribution in [2.75, 3.05) is 11.4 Å². The molecule has 1 N–H and O–H groups in total. The van der Waals surface area contributed by atoms with Gasteiger partial charge in [0.05, 0.1) is 11.1 Å². The van der Waals surface area contributed by atoms with Crippen molar-refractivity contribution in [2.24, 2.45) is 5.41 Å². The summed E-state index contributed by atoms with van der Waals surface area (Å²) in [6.07, 6.45) is 4.98. The van der Waals surface area contributed by atoms with Crippen molar-refractivity contribution < 1.29 is 18.4 Å². The molecule has 2 aliphatic rings. The minimum atomic E-state index is -0.556. The molecule has 2 aromatic carbocycles. The van der Waals surface area contributed by atoms with Gasteiger partial charge in [0.25, 0.3) is 5.91 Å². The maximum atomic E-state index is 13.6. The Kier molecular flexibility index (Phi) is 5.81. The Balaban J connectivity index is 1.31. The third-order valence-corrected chi connectivity index (χ3v) is 6.85. The molecule has 6 nitrogen and oxygen atoms in total. The fourth-order valence-corrected chi connectivity index (χ4v) is 5.12. The van der Waals surface area contributed by atoms with E-state index in [1.807, 2.05) is 0 Å². The Labute approximate surface area is 196 Å². The lowest BCUT2D eigenvalue weighted by Gasteiger charge is -2.36. The number of halogens is 2. The van der Waals surface area contributed by atoms with Crippen LogP contribution in [0, 0.1) is 17.0 Å². The highest BCUT2D eigenvalue weighted by molar-refractivity contribution is 6.00. The Bertz CT molecular complexity index is 1230. The Hall–Kier alpha value is -3.68. The molecular formula is C26H24F2N4O2. The first-order valence-electron chi connectivity index (χ1n) is 11.4. The number of amides is 2. The van der Waals surface area contributed by atoms with Crippen molar-refractivity contribution in [1.82, 2.24) is 15.3 Å². The molecule has 1 aliphatic carbocycles. The topological polar surface area (TPSA) is 75.2 Å². The van der Waals surface area contributed by atoms with Crippen molar-refractivity contribution in [2.45, 2.75) is 38.1 Å². The lowest BCUT2D eigenvalue weighted by Crippen LogP contribution is -2.46. The normalized spacial score (nSPS) is 22.2. The number of carbonyl (C=O) groups excluding carboxylic acids is 2. The van der Waals surface area contributed by atoms with Crippen LogP contribution in [0.3, 0.4) is 0 Å². The monoisotopic (exact) mass is 462 g/mol. The van der Waals surface area contributed by atoms with E-state index >= 15 is 0 Å². The zero-order chi connectivity index (χ0) is 23.7. The number of nitrogens with one attached hydrogen (secondary N) is 1. The van der Waals surface area contributed by atoms with Gasteiger partial charge in [-0.05, 0) is 68.1 Å². The number of anilines is 1. The molecule has 1 saturated carbocycles. The van der Waals surface area contributed by atoms with Crippen LogP contribution in [0.5, 0.6) is 0 Å². The van der Waals surface area contributed by atoms with Gasteiger partial charge >= 0.3 is 0 Å². The van der Waals surface area contributed by atoms with Gasteiger partial charge < -0.3 is 5.32 Å². The first-order valence-corrected chi connectivity index (χ1v) is 11.4. The molecule has 1 spiro atoms. The summed E-state index contributed by atoms with van der Waals surface area (Å²) >= 11 is 0. The molecule has 3 aromatic rings. The smallest absolute Gasteiger partial charge is 0.251 e. The Morgan fingerprint density at radius 2 is 1.85 bits per heavy atom. The van der Waals surface area contributed by atoms with E-state index in [1.165, 1.54) is 36.7 Å². The van der Waals surface area contributed by atoms with E-state index in [9.17, 15) is 18.4 Å². The first kappa shape index (κ1) is 22.1. The highest BCUT2D eigenvalue weighted by atomic mass is 19.1. The quantitative estimate of drug-likeness (QED) is 0.619. The van der Waals surface area contributed by atoms with E-state index in [4.69, 9.17) is 0 Å². The van der Waals surface area contributed by atoms with Crippen LogP contribution in [0.25, 0.3) is 11.3 Å². The van der Waals surface area contributed by atoms with Crippen LogP contribution < -0.4 is 10.2 Å². The van der Waals surface area contributed by atoms with E-state index in [2.05, 4.69) is 15.3 Å². The van der Waals surface area contributed by atoms with Gasteiger partial charge in [-0.25, -0.2) is 18.7 Å². The van der Waals surface area contributed by atoms with Gasteiger partial charge in [0.1, 0.15) is 23.8 Å². The molecule has 2 amide bonds. The number of aromatic nitrogens is 2. The van der Waals surface area contributed by atoms with Crippen LogP contribution >= 0.6 is 0 Å². The summed E-state index contributed by atoms with van der Waals surface area (Å²) in [4.78, 5) is 36.5. The van der Waals surface area contributed by atoms with Crippen LogP contribution in [0.1, 0.15) is 42.5 Å². The number of carbonyl (C=O) groups is 2. The van der Waals surface area contributed by atoms with Crippen LogP contribution in [0.4, 0.5) is 14.6 Å². The molecule has 5 rings (SSSR count). The lowest BCUT2D eigenvalue weighted by molar-refractivity contribution is -0.127. The number of hydrogen-bond donors (Lipinski definition) is 1. The molecule has 2 atom stereocenters. The van der Waals surface area contributed by atoms with Gasteiger partial charge in [-0.2, -0.15) is 0 Å². The standard InChI is InChI=1S/C26H24F2N4O2/c27-19-8-6-17(7-9-19)22-14-23(30-16-29-22)32-12-11-26(25(32)34)10-2-5-21(15-26)31-24(33)18-3-1-4-20(28)13-18/h1,3-4,6-9,13-14,16,21H,2,5,10-12,15H2,(H,31,33). The third-order valence-electron chi connectivity index (χ3n) is 6.85. The SMILES string of the molecule is O=C(NC1CCCC2(CCN(c3cc(-c4ccc(F)cc4)ncn3)C2=O)C1)c1cccc(F)c1. The zero-order valence-corrected chi connectivity index (χ0v) is 18.5. The number of nitrogens with zero attached hydrogens (tertiary/aromatic N) is 3. The molecule has 2 fully saturated rings. The molecule has 2 heterocycles. The summed E-state index contributed by atoms with van der Waals surface area (Å²) in [5.74, 6) is -0.600. The van der Waals surface area contributed by atoms with Crippen LogP contribution in [-0.4, -0.2) is 34.4 Å². The van der Waals surface area contributed by atoms with Crippen LogP contribution in [0.2, 0.25) is 0 Å². The van der Waals surface area contributed by atoms with Gasteiger partial charge in [-0.1, -0.05) is 12.5 Å². The average Bonchev–Trinajstić information content (AvgIpc) is 3.14. The highest BCUT2D eigenvalue weighted by Crippen LogP contribution is 2.46. The summed E-state index contributed by atoms with van der Waals surface area (Å²) in [7, 11) is 0. The Morgan fingerprint density at radius 3 is 2.65 bits per heavy atom. The summed E-state index contributed by atoms with van der Waals surface area (Å²) in [6.45, 7) is 0.531. The second-order valence-electron chi connectivity index (χ2n) is 9.03. The van der Waals surface area contributed by atoms with Gasteiger partial charge in [-0.15, -0.1) is 0 Å². The molecule has 1 saturated heterocycles. The average molecular weight is 463 g/mol. The minimum absolute atomic E-state index is 0.000889. The summed E-state index contributed by atoms with van der Waals surface area (Å²) in [6, 6.07) is 13.2. The molecule has 174 valence electrons. The van der Waals surface area contributed by atoms with Crippen LogP contribution in [-0.2, 0) is 4.79 Å². The lowest BCUT2D eigenvalue weighted by atomic mass is 9.71. The van der Waals surface area contributed by atoms with E-state index in [-0.39, 0.29) is 29.2 Å². The molecule has 0 bridgehead atoms. The van der Waals surface area contributed by atoms with Crippen molar-refractivity contribution in [3.8, 4) is 11.3 Å². The largest absolute Gasteiger partial charge is 0.349 e. The maximum Gasteiger partial charge on any atom is 0.251 e.